The molecule has 0 aliphatic carbocycles. The second-order valence-electron chi connectivity index (χ2n) is 4.94. The van der Waals surface area contributed by atoms with Crippen LogP contribution in [0.25, 0.3) is 10.9 Å². The van der Waals surface area contributed by atoms with Crippen LogP contribution in [0.3, 0.4) is 0 Å². The van der Waals surface area contributed by atoms with Crippen LogP contribution in [0.2, 0.25) is 0 Å². The van der Waals surface area contributed by atoms with Crippen molar-refractivity contribution in [1.82, 2.24) is 4.98 Å². The number of hydrogen-bond acceptors (Lipinski definition) is 6. The molecule has 8 nitrogen and oxygen atoms in total. The second-order valence-corrected chi connectivity index (χ2v) is 6.62. The normalized spacial score (nSPS) is 11.3. The molecule has 0 amide bonds. The van der Waals surface area contributed by atoms with Gasteiger partial charge < -0.3 is 5.73 Å². The van der Waals surface area contributed by atoms with Gasteiger partial charge >= 0.3 is 5.69 Å². The maximum Gasteiger partial charge on any atom is 0.302 e. The van der Waals surface area contributed by atoms with Crippen LogP contribution < -0.4 is 10.5 Å². The minimum atomic E-state index is -3.99. The quantitative estimate of drug-likeness (QED) is 0.425. The molecule has 9 heteroatoms. The second kappa shape index (κ2) is 5.78. The summed E-state index contributed by atoms with van der Waals surface area (Å²) in [6.45, 7) is 0. The molecule has 1 heterocycles. The van der Waals surface area contributed by atoms with E-state index in [1.807, 2.05) is 0 Å². The van der Waals surface area contributed by atoms with E-state index >= 15 is 0 Å². The fraction of sp³-hybridized carbons (Fsp3) is 0. The number of rotatable bonds is 4. The molecule has 3 aromatic rings. The van der Waals surface area contributed by atoms with Crippen LogP contribution in [-0.2, 0) is 10.0 Å². The lowest BCUT2D eigenvalue weighted by molar-refractivity contribution is -0.382. The molecule has 0 aliphatic heterocycles. The monoisotopic (exact) mass is 344 g/mol. The summed E-state index contributed by atoms with van der Waals surface area (Å²) in [7, 11) is -3.99. The first-order chi connectivity index (χ1) is 11.4. The van der Waals surface area contributed by atoms with Gasteiger partial charge in [0.05, 0.1) is 20.9 Å². The number of nitrogens with two attached hydrogens (primary N) is 1. The third kappa shape index (κ3) is 2.72. The molecule has 2 aromatic carbocycles. The van der Waals surface area contributed by atoms with Gasteiger partial charge in [-0.05, 0) is 30.3 Å². The van der Waals surface area contributed by atoms with Crippen molar-refractivity contribution >= 4 is 38.0 Å². The number of nitrogens with one attached hydrogen (secondary N) is 1. The first-order valence-corrected chi connectivity index (χ1v) is 8.28. The molecule has 3 rings (SSSR count). The molecule has 122 valence electrons. The summed E-state index contributed by atoms with van der Waals surface area (Å²) in [6, 6.07) is 11.8. The van der Waals surface area contributed by atoms with Gasteiger partial charge in [-0.3, -0.25) is 19.8 Å². The van der Waals surface area contributed by atoms with Gasteiger partial charge in [-0.15, -0.1) is 0 Å². The fourth-order valence-electron chi connectivity index (χ4n) is 2.34. The molecule has 0 aliphatic rings. The number of benzene rings is 2. The van der Waals surface area contributed by atoms with E-state index in [-0.39, 0.29) is 27.2 Å². The topological polar surface area (TPSA) is 128 Å². The molecule has 3 N–H and O–H groups in total. The van der Waals surface area contributed by atoms with Crippen LogP contribution in [0.4, 0.5) is 17.1 Å². The molecule has 0 saturated heterocycles. The maximum absolute atomic E-state index is 12.4. The molecule has 0 atom stereocenters. The van der Waals surface area contributed by atoms with Gasteiger partial charge in [0.1, 0.15) is 11.2 Å². The lowest BCUT2D eigenvalue weighted by Crippen LogP contribution is -2.14. The highest BCUT2D eigenvalue weighted by Crippen LogP contribution is 2.37. The lowest BCUT2D eigenvalue weighted by atomic mass is 10.1. The zero-order valence-electron chi connectivity index (χ0n) is 12.2. The minimum absolute atomic E-state index is 0.0100. The van der Waals surface area contributed by atoms with Gasteiger partial charge in [0.15, 0.2) is 0 Å². The van der Waals surface area contributed by atoms with Crippen LogP contribution in [0.5, 0.6) is 0 Å². The van der Waals surface area contributed by atoms with Crippen LogP contribution in [0, 0.1) is 10.1 Å². The van der Waals surface area contributed by atoms with E-state index in [1.54, 1.807) is 18.2 Å². The molecule has 0 radical (unpaired) electrons. The molecule has 24 heavy (non-hydrogen) atoms. The highest BCUT2D eigenvalue weighted by molar-refractivity contribution is 7.92. The van der Waals surface area contributed by atoms with Crippen LogP contribution in [0.15, 0.2) is 59.6 Å². The van der Waals surface area contributed by atoms with Crippen molar-refractivity contribution < 1.29 is 13.3 Å². The number of pyridine rings is 1. The average molecular weight is 344 g/mol. The summed E-state index contributed by atoms with van der Waals surface area (Å²) < 4.78 is 27.1. The smallest absolute Gasteiger partial charge is 0.302 e. The van der Waals surface area contributed by atoms with Gasteiger partial charge in [-0.1, -0.05) is 18.2 Å². The predicted molar refractivity (Wildman–Crippen MR) is 90.1 cm³/mol. The highest BCUT2D eigenvalue weighted by atomic mass is 32.2. The summed E-state index contributed by atoms with van der Waals surface area (Å²) in [5.74, 6) is 0. The molecule has 1 aromatic heterocycles. The molecule has 0 fully saturated rings. The van der Waals surface area contributed by atoms with Crippen LogP contribution in [0.1, 0.15) is 0 Å². The van der Waals surface area contributed by atoms with Crippen molar-refractivity contribution in [2.75, 3.05) is 10.5 Å². The van der Waals surface area contributed by atoms with Gasteiger partial charge in [0, 0.05) is 6.20 Å². The average Bonchev–Trinajstić information content (AvgIpc) is 2.55. The van der Waals surface area contributed by atoms with Gasteiger partial charge in [-0.2, -0.15) is 0 Å². The standard InChI is InChI=1S/C15H12N4O4S/c16-12-9-13(18-24(22,23)10-5-2-1-3-6-10)15(19(20)21)11-7-4-8-17-14(11)12/h1-9,18H,16H2. The number of nitrogen functional groups attached to an aromatic ring is 1. The van der Waals surface area contributed by atoms with Crippen molar-refractivity contribution in [3.63, 3.8) is 0 Å². The van der Waals surface area contributed by atoms with Crippen molar-refractivity contribution in [2.45, 2.75) is 4.90 Å². The Morgan fingerprint density at radius 2 is 1.83 bits per heavy atom. The van der Waals surface area contributed by atoms with E-state index in [0.717, 1.165) is 0 Å². The number of nitrogens with zero attached hydrogens (tertiary/aromatic N) is 2. The number of fused-ring (bicyclic) bond motifs is 1. The van der Waals surface area contributed by atoms with Crippen molar-refractivity contribution in [3.8, 4) is 0 Å². The fourth-order valence-corrected chi connectivity index (χ4v) is 3.42. The molecular formula is C15H12N4O4S. The SMILES string of the molecule is Nc1cc(NS(=O)(=O)c2ccccc2)c([N+](=O)[O-])c2cccnc12. The summed E-state index contributed by atoms with van der Waals surface area (Å²) >= 11 is 0. The van der Waals surface area contributed by atoms with Crippen molar-refractivity contribution in [1.29, 1.82) is 0 Å². The summed E-state index contributed by atoms with van der Waals surface area (Å²) in [5, 5.41) is 11.6. The van der Waals surface area contributed by atoms with E-state index in [1.165, 1.54) is 36.5 Å². The number of hydrogen-bond donors (Lipinski definition) is 2. The number of sulfonamides is 1. The molecule has 0 saturated carbocycles. The Hall–Kier alpha value is -3.20. The number of anilines is 2. The Morgan fingerprint density at radius 1 is 1.12 bits per heavy atom. The lowest BCUT2D eigenvalue weighted by Gasteiger charge is -2.11. The van der Waals surface area contributed by atoms with E-state index in [2.05, 4.69) is 9.71 Å². The van der Waals surface area contributed by atoms with E-state index < -0.39 is 20.6 Å². The zero-order chi connectivity index (χ0) is 17.3. The van der Waals surface area contributed by atoms with Crippen LogP contribution in [-0.4, -0.2) is 18.3 Å². The Kier molecular flexibility index (Phi) is 3.78. The van der Waals surface area contributed by atoms with Crippen LogP contribution >= 0.6 is 0 Å². The van der Waals surface area contributed by atoms with Gasteiger partial charge in [0.25, 0.3) is 10.0 Å². The first-order valence-electron chi connectivity index (χ1n) is 6.79. The molecule has 0 spiro atoms. The summed E-state index contributed by atoms with van der Waals surface area (Å²) in [4.78, 5) is 14.8. The molecule has 0 bridgehead atoms. The van der Waals surface area contributed by atoms with E-state index in [9.17, 15) is 18.5 Å². The molecule has 0 unspecified atom stereocenters. The van der Waals surface area contributed by atoms with E-state index in [4.69, 9.17) is 5.73 Å². The predicted octanol–water partition coefficient (Wildman–Crippen LogP) is 2.53. The zero-order valence-corrected chi connectivity index (χ0v) is 13.0. The van der Waals surface area contributed by atoms with E-state index in [0.29, 0.717) is 0 Å². The largest absolute Gasteiger partial charge is 0.397 e. The minimum Gasteiger partial charge on any atom is -0.397 e. The third-order valence-corrected chi connectivity index (χ3v) is 4.75. The Labute approximate surface area is 137 Å². The Morgan fingerprint density at radius 3 is 2.50 bits per heavy atom. The number of aromatic nitrogens is 1. The molecular weight excluding hydrogens is 332 g/mol. The van der Waals surface area contributed by atoms with Crippen molar-refractivity contribution in [2.24, 2.45) is 0 Å². The summed E-state index contributed by atoms with van der Waals surface area (Å²) in [5.41, 5.74) is 5.64. The Balaban J connectivity index is 2.20. The first kappa shape index (κ1) is 15.7. The summed E-state index contributed by atoms with van der Waals surface area (Å²) in [6.07, 6.45) is 1.45. The van der Waals surface area contributed by atoms with Crippen molar-refractivity contribution in [3.05, 3.63) is 64.8 Å². The Bertz CT molecular complexity index is 1040. The number of nitro groups is 1. The maximum atomic E-state index is 12.4. The van der Waals surface area contributed by atoms with Gasteiger partial charge in [0.2, 0.25) is 0 Å². The highest BCUT2D eigenvalue weighted by Gasteiger charge is 2.25. The third-order valence-electron chi connectivity index (χ3n) is 3.37. The van der Waals surface area contributed by atoms with Gasteiger partial charge in [-0.25, -0.2) is 8.42 Å². The number of nitro benzene ring substituents is 1.